The van der Waals surface area contributed by atoms with Crippen LogP contribution < -0.4 is 14.4 Å². The molecule has 0 saturated carbocycles. The number of aryl methyl sites for hydroxylation is 1. The van der Waals surface area contributed by atoms with Crippen molar-refractivity contribution in [3.8, 4) is 17.4 Å². The highest BCUT2D eigenvalue weighted by atomic mass is 35.5. The van der Waals surface area contributed by atoms with Crippen LogP contribution in [0.25, 0.3) is 10.9 Å². The third kappa shape index (κ3) is 9.03. The normalized spacial score (nSPS) is 13.6. The van der Waals surface area contributed by atoms with Crippen molar-refractivity contribution in [3.05, 3.63) is 113 Å². The van der Waals surface area contributed by atoms with E-state index in [0.717, 1.165) is 27.4 Å². The minimum Gasteiger partial charge on any atom is -0.488 e. The van der Waals surface area contributed by atoms with E-state index < -0.39 is 42.1 Å². The van der Waals surface area contributed by atoms with Crippen molar-refractivity contribution in [1.82, 2.24) is 19.4 Å². The summed E-state index contributed by atoms with van der Waals surface area (Å²) >= 11 is 0. The van der Waals surface area contributed by atoms with Crippen molar-refractivity contribution in [3.63, 3.8) is 0 Å². The summed E-state index contributed by atoms with van der Waals surface area (Å²) in [4.78, 5) is 35.7. The Balaban J connectivity index is 0.00000541. The van der Waals surface area contributed by atoms with E-state index in [9.17, 15) is 35.9 Å². The predicted molar refractivity (Wildman–Crippen MR) is 188 cm³/mol. The molecule has 0 aliphatic carbocycles. The number of ether oxygens (including phenoxy) is 2. The number of nitrogens with zero attached hydrogens (tertiary/aromatic N) is 5. The monoisotopic (exact) mass is 761 g/mol. The zero-order valence-electron chi connectivity index (χ0n) is 28.4. The molecular formula is C37H34ClF6N5O4. The van der Waals surface area contributed by atoms with Gasteiger partial charge in [-0.2, -0.15) is 13.2 Å². The molecule has 0 radical (unpaired) electrons. The Morgan fingerprint density at radius 3 is 2.23 bits per heavy atom. The molecule has 1 aliphatic heterocycles. The fraction of sp³-hybridized carbons (Fsp3) is 0.270. The molecule has 3 heterocycles. The van der Waals surface area contributed by atoms with E-state index in [1.165, 1.54) is 25.4 Å². The van der Waals surface area contributed by atoms with Gasteiger partial charge in [-0.1, -0.05) is 12.1 Å². The maximum absolute atomic E-state index is 14.4. The standard InChI is InChI=1S/C37H33F6N5O4.ClH/c1-45(35(49)29-11-6-25(18-30(29)38)37(41,42)43)26-7-12-34(44-20-26)52-28-10-5-24-17-32(46(2)31(24)19-28)36(50)48-15-13-47(14-16-48)21-23-3-8-27(9-4-23)51-22-33(39)40;/h3-12,17-20,33H,13-16,21-22H2,1-2H3;1H. The summed E-state index contributed by atoms with van der Waals surface area (Å²) in [5.74, 6) is -1.24. The Kier molecular flexibility index (Phi) is 11.9. The van der Waals surface area contributed by atoms with Crippen molar-refractivity contribution in [2.75, 3.05) is 44.7 Å². The fourth-order valence-electron chi connectivity index (χ4n) is 5.87. The van der Waals surface area contributed by atoms with Gasteiger partial charge in [-0.3, -0.25) is 14.5 Å². The van der Waals surface area contributed by atoms with Crippen molar-refractivity contribution in [2.24, 2.45) is 7.05 Å². The third-order valence-electron chi connectivity index (χ3n) is 8.76. The van der Waals surface area contributed by atoms with E-state index in [4.69, 9.17) is 9.47 Å². The SMILES string of the molecule is CN(C(=O)c1ccc(C(F)(F)F)cc1F)c1ccc(Oc2ccc3cc(C(=O)N4CCN(Cc5ccc(OCC(F)F)cc5)CC4)n(C)c3c2)nc1.Cl. The average molecular weight is 762 g/mol. The number of carbonyl (C=O) groups excluding carboxylic acids is 2. The van der Waals surface area contributed by atoms with E-state index >= 15 is 0 Å². The largest absolute Gasteiger partial charge is 0.488 e. The first-order chi connectivity index (χ1) is 24.8. The summed E-state index contributed by atoms with van der Waals surface area (Å²) in [6.45, 7) is 2.41. The van der Waals surface area contributed by atoms with Crippen LogP contribution in [0.5, 0.6) is 17.4 Å². The summed E-state index contributed by atoms with van der Waals surface area (Å²) < 4.78 is 90.6. The van der Waals surface area contributed by atoms with Gasteiger partial charge in [-0.15, -0.1) is 12.4 Å². The van der Waals surface area contributed by atoms with Gasteiger partial charge in [0.2, 0.25) is 5.88 Å². The van der Waals surface area contributed by atoms with Crippen LogP contribution in [0.3, 0.4) is 0 Å². The van der Waals surface area contributed by atoms with E-state index in [2.05, 4.69) is 9.88 Å². The summed E-state index contributed by atoms with van der Waals surface area (Å²) in [6, 6.07) is 18.9. The highest BCUT2D eigenvalue weighted by Crippen LogP contribution is 2.32. The molecule has 0 bridgehead atoms. The Hall–Kier alpha value is -5.28. The lowest BCUT2D eigenvalue weighted by Crippen LogP contribution is -2.48. The molecule has 2 amide bonds. The zero-order valence-corrected chi connectivity index (χ0v) is 29.3. The van der Waals surface area contributed by atoms with Gasteiger partial charge in [0, 0.05) is 64.3 Å². The van der Waals surface area contributed by atoms with E-state index in [1.807, 2.05) is 29.2 Å². The fourth-order valence-corrected chi connectivity index (χ4v) is 5.87. The van der Waals surface area contributed by atoms with Crippen LogP contribution in [-0.4, -0.2) is 77.4 Å². The predicted octanol–water partition coefficient (Wildman–Crippen LogP) is 7.82. The van der Waals surface area contributed by atoms with Gasteiger partial charge >= 0.3 is 6.18 Å². The Labute approximate surface area is 306 Å². The molecule has 0 spiro atoms. The lowest BCUT2D eigenvalue weighted by molar-refractivity contribution is -0.137. The number of hydrogen-bond acceptors (Lipinski definition) is 6. The Bertz CT molecular complexity index is 2070. The third-order valence-corrected chi connectivity index (χ3v) is 8.76. The molecule has 1 aliphatic rings. The van der Waals surface area contributed by atoms with Crippen LogP contribution in [0.1, 0.15) is 32.0 Å². The maximum atomic E-state index is 14.4. The Morgan fingerprint density at radius 1 is 0.906 bits per heavy atom. The summed E-state index contributed by atoms with van der Waals surface area (Å²) in [5, 5.41) is 0.830. The second kappa shape index (κ2) is 16.2. The number of fused-ring (bicyclic) bond motifs is 1. The van der Waals surface area contributed by atoms with E-state index in [0.29, 0.717) is 56.0 Å². The zero-order chi connectivity index (χ0) is 37.2. The molecule has 280 valence electrons. The number of amides is 2. The molecule has 0 unspecified atom stereocenters. The number of rotatable bonds is 10. The van der Waals surface area contributed by atoms with Crippen molar-refractivity contribution < 1.29 is 45.4 Å². The highest BCUT2D eigenvalue weighted by Gasteiger charge is 2.32. The molecular weight excluding hydrogens is 728 g/mol. The molecule has 0 N–H and O–H groups in total. The lowest BCUT2D eigenvalue weighted by atomic mass is 10.1. The van der Waals surface area contributed by atoms with Crippen molar-refractivity contribution >= 4 is 40.8 Å². The highest BCUT2D eigenvalue weighted by molar-refractivity contribution is 6.06. The molecule has 9 nitrogen and oxygen atoms in total. The van der Waals surface area contributed by atoms with Gasteiger partial charge in [0.25, 0.3) is 18.2 Å². The number of carbonyl (C=O) groups is 2. The number of hydrogen-bond donors (Lipinski definition) is 0. The van der Waals surface area contributed by atoms with E-state index in [-0.39, 0.29) is 35.9 Å². The van der Waals surface area contributed by atoms with Crippen molar-refractivity contribution in [2.45, 2.75) is 19.1 Å². The first-order valence-electron chi connectivity index (χ1n) is 16.2. The molecule has 1 fully saturated rings. The van der Waals surface area contributed by atoms with Gasteiger partial charge in [0.05, 0.1) is 28.5 Å². The number of aromatic nitrogens is 2. The molecule has 53 heavy (non-hydrogen) atoms. The summed E-state index contributed by atoms with van der Waals surface area (Å²) in [6.07, 6.45) is -5.96. The smallest absolute Gasteiger partial charge is 0.416 e. The molecule has 16 heteroatoms. The molecule has 2 aromatic heterocycles. The van der Waals surface area contributed by atoms with Crippen LogP contribution in [0, 0.1) is 5.82 Å². The molecule has 0 atom stereocenters. The molecule has 6 rings (SSSR count). The first-order valence-corrected chi connectivity index (χ1v) is 16.2. The Morgan fingerprint density at radius 2 is 1.60 bits per heavy atom. The van der Waals surface area contributed by atoms with Crippen LogP contribution in [0.2, 0.25) is 0 Å². The molecule has 3 aromatic carbocycles. The van der Waals surface area contributed by atoms with Gasteiger partial charge in [0.15, 0.2) is 0 Å². The summed E-state index contributed by atoms with van der Waals surface area (Å²) in [7, 11) is 3.14. The number of alkyl halides is 5. The molecule has 5 aromatic rings. The second-order valence-electron chi connectivity index (χ2n) is 12.2. The first kappa shape index (κ1) is 38.9. The maximum Gasteiger partial charge on any atom is 0.416 e. The number of pyridine rings is 1. The number of piperazine rings is 1. The van der Waals surface area contributed by atoms with Crippen molar-refractivity contribution in [1.29, 1.82) is 0 Å². The van der Waals surface area contributed by atoms with Crippen LogP contribution in [0.4, 0.5) is 32.0 Å². The average Bonchev–Trinajstić information content (AvgIpc) is 3.45. The topological polar surface area (TPSA) is 80.1 Å². The van der Waals surface area contributed by atoms with Gasteiger partial charge in [-0.25, -0.2) is 18.2 Å². The number of anilines is 1. The van der Waals surface area contributed by atoms with Crippen LogP contribution in [0.15, 0.2) is 85.1 Å². The quantitative estimate of drug-likeness (QED) is 0.135. The van der Waals surface area contributed by atoms with Crippen LogP contribution >= 0.6 is 12.4 Å². The summed E-state index contributed by atoms with van der Waals surface area (Å²) in [5.41, 5.74) is 0.820. The molecule has 1 saturated heterocycles. The number of benzene rings is 3. The van der Waals surface area contributed by atoms with Crippen LogP contribution in [-0.2, 0) is 19.8 Å². The van der Waals surface area contributed by atoms with Gasteiger partial charge in [-0.05, 0) is 60.2 Å². The second-order valence-corrected chi connectivity index (χ2v) is 12.2. The number of halogens is 7. The minimum atomic E-state index is -4.74. The van der Waals surface area contributed by atoms with Gasteiger partial charge in [0.1, 0.15) is 29.6 Å². The van der Waals surface area contributed by atoms with Gasteiger partial charge < -0.3 is 23.8 Å². The lowest BCUT2D eigenvalue weighted by Gasteiger charge is -2.34. The minimum absolute atomic E-state index is 0. The van der Waals surface area contributed by atoms with E-state index in [1.54, 1.807) is 35.9 Å².